The Morgan fingerprint density at radius 3 is 2.61 bits per heavy atom. The molecule has 0 saturated carbocycles. The predicted molar refractivity (Wildman–Crippen MR) is 77.6 cm³/mol. The molecule has 100 valence electrons. The molecule has 2 nitrogen and oxygen atoms in total. The van der Waals surface area contributed by atoms with Crippen molar-refractivity contribution in [3.05, 3.63) is 35.9 Å². The van der Waals surface area contributed by atoms with Gasteiger partial charge in [0.1, 0.15) is 0 Å². The number of likely N-dealkylation sites (tertiary alicyclic amines) is 1. The van der Waals surface area contributed by atoms with Gasteiger partial charge in [-0.05, 0) is 45.7 Å². The third-order valence-electron chi connectivity index (χ3n) is 3.39. The van der Waals surface area contributed by atoms with E-state index in [1.165, 1.54) is 31.5 Å². The number of benzene rings is 1. The molecule has 0 aliphatic carbocycles. The van der Waals surface area contributed by atoms with Crippen LogP contribution in [-0.4, -0.2) is 29.6 Å². The van der Waals surface area contributed by atoms with Gasteiger partial charge in [-0.15, -0.1) is 0 Å². The van der Waals surface area contributed by atoms with Gasteiger partial charge >= 0.3 is 0 Å². The summed E-state index contributed by atoms with van der Waals surface area (Å²) in [5, 5.41) is 3.73. The van der Waals surface area contributed by atoms with Crippen LogP contribution in [0.5, 0.6) is 0 Å². The molecular formula is C16H26N2. The van der Waals surface area contributed by atoms with Gasteiger partial charge in [-0.3, -0.25) is 4.90 Å². The van der Waals surface area contributed by atoms with Gasteiger partial charge in [-0.2, -0.15) is 0 Å². The monoisotopic (exact) mass is 246 g/mol. The number of hydrogen-bond donors (Lipinski definition) is 1. The first-order chi connectivity index (χ1) is 8.53. The fraction of sp³-hybridized carbons (Fsp3) is 0.625. The number of piperidine rings is 1. The summed E-state index contributed by atoms with van der Waals surface area (Å²) in [4.78, 5) is 2.57. The van der Waals surface area contributed by atoms with Crippen LogP contribution in [0.15, 0.2) is 30.3 Å². The Hall–Kier alpha value is -0.860. The molecule has 2 rings (SSSR count). The molecule has 1 aliphatic heterocycles. The summed E-state index contributed by atoms with van der Waals surface area (Å²) in [6.07, 6.45) is 2.61. The lowest BCUT2D eigenvalue weighted by Crippen LogP contribution is -2.51. The molecule has 1 fully saturated rings. The normalized spacial score (nSPS) is 22.1. The van der Waals surface area contributed by atoms with E-state index in [1.807, 2.05) is 0 Å². The molecule has 0 unspecified atom stereocenters. The van der Waals surface area contributed by atoms with Crippen LogP contribution < -0.4 is 5.32 Å². The van der Waals surface area contributed by atoms with Crippen LogP contribution in [0.3, 0.4) is 0 Å². The fourth-order valence-corrected chi connectivity index (χ4v) is 2.77. The maximum absolute atomic E-state index is 3.73. The molecule has 1 heterocycles. The molecule has 1 aliphatic rings. The van der Waals surface area contributed by atoms with Crippen molar-refractivity contribution >= 4 is 0 Å². The van der Waals surface area contributed by atoms with Crippen LogP contribution in [-0.2, 0) is 6.54 Å². The minimum atomic E-state index is 0.223. The van der Waals surface area contributed by atoms with Crippen molar-refractivity contribution in [1.82, 2.24) is 10.2 Å². The average molecular weight is 246 g/mol. The van der Waals surface area contributed by atoms with E-state index >= 15 is 0 Å². The smallest absolute Gasteiger partial charge is 0.0234 e. The number of rotatable bonds is 3. The van der Waals surface area contributed by atoms with Gasteiger partial charge in [0.2, 0.25) is 0 Å². The SMILES string of the molecule is CC(C)(C)N[C@@H]1CCCN(Cc2ccccc2)C1. The minimum absolute atomic E-state index is 0.223. The zero-order valence-electron chi connectivity index (χ0n) is 11.9. The summed E-state index contributed by atoms with van der Waals surface area (Å²) in [7, 11) is 0. The molecular weight excluding hydrogens is 220 g/mol. The van der Waals surface area contributed by atoms with Gasteiger partial charge in [0.25, 0.3) is 0 Å². The Labute approximate surface area is 111 Å². The molecule has 1 aromatic rings. The van der Waals surface area contributed by atoms with E-state index in [0.717, 1.165) is 6.54 Å². The van der Waals surface area contributed by atoms with Crippen molar-refractivity contribution in [1.29, 1.82) is 0 Å². The fourth-order valence-electron chi connectivity index (χ4n) is 2.77. The topological polar surface area (TPSA) is 15.3 Å². The molecule has 0 radical (unpaired) electrons. The van der Waals surface area contributed by atoms with Crippen molar-refractivity contribution in [2.45, 2.75) is 51.7 Å². The molecule has 2 heteroatoms. The van der Waals surface area contributed by atoms with Gasteiger partial charge in [0.05, 0.1) is 0 Å². The van der Waals surface area contributed by atoms with Crippen molar-refractivity contribution in [3.63, 3.8) is 0 Å². The second-order valence-corrected chi connectivity index (χ2v) is 6.45. The minimum Gasteiger partial charge on any atom is -0.308 e. The second kappa shape index (κ2) is 5.85. The third-order valence-corrected chi connectivity index (χ3v) is 3.39. The second-order valence-electron chi connectivity index (χ2n) is 6.45. The van der Waals surface area contributed by atoms with Crippen LogP contribution in [0.25, 0.3) is 0 Å². The molecule has 0 spiro atoms. The largest absolute Gasteiger partial charge is 0.308 e. The first kappa shape index (κ1) is 13.6. The summed E-state index contributed by atoms with van der Waals surface area (Å²) in [6, 6.07) is 11.4. The van der Waals surface area contributed by atoms with Gasteiger partial charge in [-0.1, -0.05) is 30.3 Å². The Morgan fingerprint density at radius 1 is 1.22 bits per heavy atom. The number of nitrogens with one attached hydrogen (secondary N) is 1. The summed E-state index contributed by atoms with van der Waals surface area (Å²) in [5.41, 5.74) is 1.65. The van der Waals surface area contributed by atoms with E-state index in [1.54, 1.807) is 0 Å². The van der Waals surface area contributed by atoms with Gasteiger partial charge < -0.3 is 5.32 Å². The van der Waals surface area contributed by atoms with Crippen molar-refractivity contribution in [2.75, 3.05) is 13.1 Å². The first-order valence-corrected chi connectivity index (χ1v) is 7.07. The van der Waals surface area contributed by atoms with E-state index < -0.39 is 0 Å². The van der Waals surface area contributed by atoms with E-state index in [9.17, 15) is 0 Å². The molecule has 0 amide bonds. The van der Waals surface area contributed by atoms with E-state index in [4.69, 9.17) is 0 Å². The maximum Gasteiger partial charge on any atom is 0.0234 e. The molecule has 0 bridgehead atoms. The highest BCUT2D eigenvalue weighted by molar-refractivity contribution is 5.14. The zero-order chi connectivity index (χ0) is 13.0. The van der Waals surface area contributed by atoms with Crippen LogP contribution in [0.4, 0.5) is 0 Å². The molecule has 18 heavy (non-hydrogen) atoms. The van der Waals surface area contributed by atoms with Gasteiger partial charge in [0.15, 0.2) is 0 Å². The summed E-state index contributed by atoms with van der Waals surface area (Å²) in [5.74, 6) is 0. The highest BCUT2D eigenvalue weighted by atomic mass is 15.2. The Kier molecular flexibility index (Phi) is 4.41. The standard InChI is InChI=1S/C16H26N2/c1-16(2,3)17-15-10-7-11-18(13-15)12-14-8-5-4-6-9-14/h4-6,8-9,15,17H,7,10-13H2,1-3H3/t15-/m1/s1. The van der Waals surface area contributed by atoms with Gasteiger partial charge in [0, 0.05) is 24.7 Å². The third kappa shape index (κ3) is 4.43. The van der Waals surface area contributed by atoms with Crippen LogP contribution in [0.1, 0.15) is 39.2 Å². The van der Waals surface area contributed by atoms with Crippen molar-refractivity contribution in [2.24, 2.45) is 0 Å². The lowest BCUT2D eigenvalue weighted by atomic mass is 10.0. The van der Waals surface area contributed by atoms with E-state index in [-0.39, 0.29) is 5.54 Å². The lowest BCUT2D eigenvalue weighted by Gasteiger charge is -2.37. The number of nitrogens with zero attached hydrogens (tertiary/aromatic N) is 1. The Balaban J connectivity index is 1.87. The zero-order valence-corrected chi connectivity index (χ0v) is 11.9. The molecule has 1 saturated heterocycles. The van der Waals surface area contributed by atoms with Crippen LogP contribution in [0, 0.1) is 0 Å². The summed E-state index contributed by atoms with van der Waals surface area (Å²) in [6.45, 7) is 10.3. The van der Waals surface area contributed by atoms with E-state index in [2.05, 4.69) is 61.3 Å². The summed E-state index contributed by atoms with van der Waals surface area (Å²) < 4.78 is 0. The van der Waals surface area contributed by atoms with E-state index in [0.29, 0.717) is 6.04 Å². The highest BCUT2D eigenvalue weighted by Crippen LogP contribution is 2.15. The maximum atomic E-state index is 3.73. The lowest BCUT2D eigenvalue weighted by molar-refractivity contribution is 0.166. The number of hydrogen-bond acceptors (Lipinski definition) is 2. The quantitative estimate of drug-likeness (QED) is 0.882. The molecule has 1 aromatic carbocycles. The molecule has 1 atom stereocenters. The average Bonchev–Trinajstić information content (AvgIpc) is 2.28. The molecule has 0 aromatic heterocycles. The van der Waals surface area contributed by atoms with Crippen LogP contribution >= 0.6 is 0 Å². The van der Waals surface area contributed by atoms with Crippen LogP contribution in [0.2, 0.25) is 0 Å². The summed E-state index contributed by atoms with van der Waals surface area (Å²) >= 11 is 0. The van der Waals surface area contributed by atoms with Crippen molar-refractivity contribution < 1.29 is 0 Å². The molecule has 1 N–H and O–H groups in total. The van der Waals surface area contributed by atoms with Gasteiger partial charge in [-0.25, -0.2) is 0 Å². The Bertz CT molecular complexity index is 353. The Morgan fingerprint density at radius 2 is 1.94 bits per heavy atom. The highest BCUT2D eigenvalue weighted by Gasteiger charge is 2.23. The van der Waals surface area contributed by atoms with Crippen molar-refractivity contribution in [3.8, 4) is 0 Å². The first-order valence-electron chi connectivity index (χ1n) is 7.07. The predicted octanol–water partition coefficient (Wildman–Crippen LogP) is 3.04.